The minimum Gasteiger partial charge on any atom is -0.391 e. The van der Waals surface area contributed by atoms with Crippen LogP contribution in [-0.4, -0.2) is 23.7 Å². The molecule has 0 aliphatic heterocycles. The molecule has 3 nitrogen and oxygen atoms in total. The maximum absolute atomic E-state index is 11.9. The highest BCUT2D eigenvalue weighted by Gasteiger charge is 2.09. The predicted octanol–water partition coefficient (Wildman–Crippen LogP) is 2.78. The number of aliphatic hydroxyl groups excluding tert-OH is 1. The summed E-state index contributed by atoms with van der Waals surface area (Å²) in [5, 5.41) is 12.7. The van der Waals surface area contributed by atoms with Crippen molar-refractivity contribution in [1.29, 1.82) is 0 Å². The Morgan fingerprint density at radius 1 is 1.10 bits per heavy atom. The van der Waals surface area contributed by atoms with E-state index in [1.54, 1.807) is 12.1 Å². The van der Waals surface area contributed by atoms with Crippen LogP contribution in [0, 0.1) is 0 Å². The van der Waals surface area contributed by atoms with Crippen molar-refractivity contribution in [3.8, 4) is 0 Å². The number of rotatable bonds is 5. The summed E-state index contributed by atoms with van der Waals surface area (Å²) in [4.78, 5) is 11.9. The van der Waals surface area contributed by atoms with Crippen LogP contribution in [0.2, 0.25) is 0 Å². The molecule has 0 heterocycles. The van der Waals surface area contributed by atoms with E-state index in [4.69, 9.17) is 0 Å². The number of amides is 1. The molecular formula is C16H16BrNO2. The largest absolute Gasteiger partial charge is 0.391 e. The lowest BCUT2D eigenvalue weighted by Gasteiger charge is -2.12. The van der Waals surface area contributed by atoms with Gasteiger partial charge in [0.05, 0.1) is 6.10 Å². The van der Waals surface area contributed by atoms with Gasteiger partial charge in [-0.05, 0) is 29.8 Å². The van der Waals surface area contributed by atoms with Crippen LogP contribution in [0.15, 0.2) is 59.1 Å². The first-order valence-electron chi connectivity index (χ1n) is 6.41. The zero-order chi connectivity index (χ0) is 14.4. The van der Waals surface area contributed by atoms with Gasteiger partial charge in [0.2, 0.25) is 0 Å². The molecule has 0 saturated carbocycles. The Morgan fingerprint density at radius 3 is 2.40 bits per heavy atom. The van der Waals surface area contributed by atoms with Crippen LogP contribution in [0.3, 0.4) is 0 Å². The lowest BCUT2D eigenvalue weighted by Crippen LogP contribution is -2.33. The van der Waals surface area contributed by atoms with Crippen molar-refractivity contribution in [2.75, 3.05) is 6.54 Å². The molecule has 1 unspecified atom stereocenters. The fourth-order valence-corrected chi connectivity index (χ4v) is 2.14. The molecule has 2 rings (SSSR count). The van der Waals surface area contributed by atoms with Crippen molar-refractivity contribution < 1.29 is 9.90 Å². The van der Waals surface area contributed by atoms with Crippen molar-refractivity contribution in [1.82, 2.24) is 5.32 Å². The summed E-state index contributed by atoms with van der Waals surface area (Å²) in [6.45, 7) is 0.240. The fraction of sp³-hybridized carbons (Fsp3) is 0.188. The van der Waals surface area contributed by atoms with Crippen LogP contribution in [0.5, 0.6) is 0 Å². The Hall–Kier alpha value is -1.65. The maximum Gasteiger partial charge on any atom is 0.251 e. The van der Waals surface area contributed by atoms with E-state index in [0.29, 0.717) is 12.0 Å². The molecule has 0 aromatic heterocycles. The second-order valence-electron chi connectivity index (χ2n) is 4.56. The van der Waals surface area contributed by atoms with E-state index in [1.807, 2.05) is 42.5 Å². The molecule has 20 heavy (non-hydrogen) atoms. The summed E-state index contributed by atoms with van der Waals surface area (Å²) in [6.07, 6.45) is -0.0571. The van der Waals surface area contributed by atoms with Crippen LogP contribution >= 0.6 is 15.9 Å². The van der Waals surface area contributed by atoms with Gasteiger partial charge in [-0.25, -0.2) is 0 Å². The quantitative estimate of drug-likeness (QED) is 0.883. The standard InChI is InChI=1S/C16H16BrNO2/c17-14-8-6-13(7-9-14)16(20)18-11-15(19)10-12-4-2-1-3-5-12/h1-9,15,19H,10-11H2,(H,18,20). The molecule has 4 heteroatoms. The minimum absolute atomic E-state index is 0.176. The lowest BCUT2D eigenvalue weighted by molar-refractivity contribution is 0.0916. The summed E-state index contributed by atoms with van der Waals surface area (Å²) in [5.41, 5.74) is 1.64. The number of nitrogens with one attached hydrogen (secondary N) is 1. The molecule has 2 N–H and O–H groups in total. The number of hydrogen-bond donors (Lipinski definition) is 2. The molecule has 0 radical (unpaired) electrons. The van der Waals surface area contributed by atoms with Crippen LogP contribution in [0.25, 0.3) is 0 Å². The van der Waals surface area contributed by atoms with E-state index in [1.165, 1.54) is 0 Å². The molecule has 104 valence electrons. The van der Waals surface area contributed by atoms with Gasteiger partial charge in [-0.1, -0.05) is 46.3 Å². The Bertz CT molecular complexity index is 554. The van der Waals surface area contributed by atoms with E-state index in [2.05, 4.69) is 21.2 Å². The van der Waals surface area contributed by atoms with Gasteiger partial charge in [0.15, 0.2) is 0 Å². The van der Waals surface area contributed by atoms with E-state index >= 15 is 0 Å². The van der Waals surface area contributed by atoms with E-state index in [-0.39, 0.29) is 12.5 Å². The second-order valence-corrected chi connectivity index (χ2v) is 5.48. The van der Waals surface area contributed by atoms with Crippen molar-refractivity contribution in [3.05, 3.63) is 70.2 Å². The average Bonchev–Trinajstić information content (AvgIpc) is 2.46. The second kappa shape index (κ2) is 7.22. The Balaban J connectivity index is 1.82. The number of aliphatic hydroxyl groups is 1. The van der Waals surface area contributed by atoms with Gasteiger partial charge < -0.3 is 10.4 Å². The summed E-state index contributed by atoms with van der Waals surface area (Å²) < 4.78 is 0.929. The molecule has 0 bridgehead atoms. The third kappa shape index (κ3) is 4.47. The molecule has 0 saturated heterocycles. The Morgan fingerprint density at radius 2 is 1.75 bits per heavy atom. The smallest absolute Gasteiger partial charge is 0.251 e. The number of carbonyl (C=O) groups excluding carboxylic acids is 1. The van der Waals surface area contributed by atoms with E-state index < -0.39 is 6.10 Å². The first kappa shape index (κ1) is 14.8. The van der Waals surface area contributed by atoms with Crippen molar-refractivity contribution in [2.24, 2.45) is 0 Å². The van der Waals surface area contributed by atoms with Gasteiger partial charge in [0, 0.05) is 23.0 Å². The predicted molar refractivity (Wildman–Crippen MR) is 82.6 cm³/mol. The topological polar surface area (TPSA) is 49.3 Å². The van der Waals surface area contributed by atoms with E-state index in [0.717, 1.165) is 10.0 Å². The van der Waals surface area contributed by atoms with Crippen LogP contribution in [0.4, 0.5) is 0 Å². The summed E-state index contributed by atoms with van der Waals surface area (Å²) in [7, 11) is 0. The van der Waals surface area contributed by atoms with Crippen molar-refractivity contribution in [2.45, 2.75) is 12.5 Å². The van der Waals surface area contributed by atoms with Crippen LogP contribution < -0.4 is 5.32 Å². The molecule has 2 aromatic carbocycles. The third-order valence-corrected chi connectivity index (χ3v) is 3.45. The SMILES string of the molecule is O=C(NCC(O)Cc1ccccc1)c1ccc(Br)cc1. The minimum atomic E-state index is -0.586. The summed E-state index contributed by atoms with van der Waals surface area (Å²) in [5.74, 6) is -0.176. The van der Waals surface area contributed by atoms with E-state index in [9.17, 15) is 9.90 Å². The highest BCUT2D eigenvalue weighted by molar-refractivity contribution is 9.10. The van der Waals surface area contributed by atoms with Gasteiger partial charge in [0.1, 0.15) is 0 Å². The monoisotopic (exact) mass is 333 g/mol. The molecule has 0 aliphatic carbocycles. The first-order valence-corrected chi connectivity index (χ1v) is 7.20. The van der Waals surface area contributed by atoms with Gasteiger partial charge in [-0.2, -0.15) is 0 Å². The zero-order valence-corrected chi connectivity index (χ0v) is 12.5. The van der Waals surface area contributed by atoms with Crippen LogP contribution in [-0.2, 0) is 6.42 Å². The summed E-state index contributed by atoms with van der Waals surface area (Å²) in [6, 6.07) is 16.8. The Labute approximate surface area is 126 Å². The molecule has 0 aliphatic rings. The van der Waals surface area contributed by atoms with Crippen molar-refractivity contribution in [3.63, 3.8) is 0 Å². The average molecular weight is 334 g/mol. The van der Waals surface area contributed by atoms with Gasteiger partial charge >= 0.3 is 0 Å². The molecule has 1 amide bonds. The number of halogens is 1. The molecular weight excluding hydrogens is 318 g/mol. The number of benzene rings is 2. The summed E-state index contributed by atoms with van der Waals surface area (Å²) >= 11 is 3.32. The molecule has 2 aromatic rings. The van der Waals surface area contributed by atoms with Gasteiger partial charge in [-0.15, -0.1) is 0 Å². The first-order chi connectivity index (χ1) is 9.65. The zero-order valence-electron chi connectivity index (χ0n) is 10.9. The molecule has 0 spiro atoms. The molecule has 0 fully saturated rings. The third-order valence-electron chi connectivity index (χ3n) is 2.92. The highest BCUT2D eigenvalue weighted by Crippen LogP contribution is 2.10. The lowest BCUT2D eigenvalue weighted by atomic mass is 10.1. The van der Waals surface area contributed by atoms with Crippen molar-refractivity contribution >= 4 is 21.8 Å². The van der Waals surface area contributed by atoms with Crippen LogP contribution in [0.1, 0.15) is 15.9 Å². The van der Waals surface area contributed by atoms with Gasteiger partial charge in [0.25, 0.3) is 5.91 Å². The Kier molecular flexibility index (Phi) is 5.32. The maximum atomic E-state index is 11.9. The highest BCUT2D eigenvalue weighted by atomic mass is 79.9. The normalized spacial score (nSPS) is 11.9. The van der Waals surface area contributed by atoms with Gasteiger partial charge in [-0.3, -0.25) is 4.79 Å². The number of carbonyl (C=O) groups is 1. The molecule has 1 atom stereocenters. The number of hydrogen-bond acceptors (Lipinski definition) is 2. The fourth-order valence-electron chi connectivity index (χ4n) is 1.87.